The third-order valence-corrected chi connectivity index (χ3v) is 4.19. The highest BCUT2D eigenvalue weighted by Crippen LogP contribution is 2.18. The first-order chi connectivity index (χ1) is 12.2. The van der Waals surface area contributed by atoms with Crippen molar-refractivity contribution in [2.45, 2.75) is 32.8 Å². The van der Waals surface area contributed by atoms with Crippen LogP contribution in [0.1, 0.15) is 38.0 Å². The first-order valence-electron chi connectivity index (χ1n) is 7.87. The molecule has 0 saturated carbocycles. The van der Waals surface area contributed by atoms with Crippen molar-refractivity contribution >= 4 is 22.1 Å². The average Bonchev–Trinajstić information content (AvgIpc) is 3.07. The van der Waals surface area contributed by atoms with Crippen LogP contribution in [0, 0.1) is 0 Å². The topological polar surface area (TPSA) is 111 Å². The van der Waals surface area contributed by atoms with E-state index in [4.69, 9.17) is 9.26 Å². The molecule has 0 saturated heterocycles. The van der Waals surface area contributed by atoms with Gasteiger partial charge in [0.1, 0.15) is 6.54 Å². The number of aromatic nitrogens is 2. The highest BCUT2D eigenvalue weighted by molar-refractivity contribution is 7.92. The fourth-order valence-electron chi connectivity index (χ4n) is 1.75. The van der Waals surface area contributed by atoms with Gasteiger partial charge in [0.25, 0.3) is 5.89 Å². The molecule has 9 heteroatoms. The molecule has 0 aliphatic carbocycles. The fourth-order valence-corrected chi connectivity index (χ4v) is 2.50. The van der Waals surface area contributed by atoms with Crippen LogP contribution in [-0.4, -0.2) is 31.1 Å². The Morgan fingerprint density at radius 3 is 2.58 bits per heavy atom. The number of carbonyl (C=O) groups excluding carboxylic acids is 1. The number of carbonyl (C=O) groups is 1. The van der Waals surface area contributed by atoms with Gasteiger partial charge in [-0.1, -0.05) is 56.3 Å². The number of benzene rings is 1. The molecular formula is C17H21N3O5S. The largest absolute Gasteiger partial charge is 0.455 e. The zero-order chi connectivity index (χ0) is 19.2. The molecule has 26 heavy (non-hydrogen) atoms. The standard InChI is InChI=1S/C17H21N3O5S/c1-17(2,3)16-19-14(25-20-16)12-24-15(21)11-18-26(22,23)10-9-13-7-5-4-6-8-13/h4-10,18H,11-12H2,1-3H3/b10-9+. The van der Waals surface area contributed by atoms with Crippen molar-refractivity contribution < 1.29 is 22.5 Å². The van der Waals surface area contributed by atoms with Crippen LogP contribution in [0.4, 0.5) is 0 Å². The minimum atomic E-state index is -3.76. The maximum Gasteiger partial charge on any atom is 0.321 e. The fraction of sp³-hybridized carbons (Fsp3) is 0.353. The van der Waals surface area contributed by atoms with Gasteiger partial charge in [-0.2, -0.15) is 4.98 Å². The quantitative estimate of drug-likeness (QED) is 0.732. The van der Waals surface area contributed by atoms with Crippen LogP contribution in [0.5, 0.6) is 0 Å². The summed E-state index contributed by atoms with van der Waals surface area (Å²) in [7, 11) is -3.76. The van der Waals surface area contributed by atoms with E-state index in [2.05, 4.69) is 14.9 Å². The van der Waals surface area contributed by atoms with E-state index in [1.165, 1.54) is 6.08 Å². The Morgan fingerprint density at radius 2 is 1.96 bits per heavy atom. The van der Waals surface area contributed by atoms with Gasteiger partial charge in [0.05, 0.1) is 0 Å². The molecule has 0 radical (unpaired) electrons. The molecule has 1 aromatic carbocycles. The van der Waals surface area contributed by atoms with Crippen molar-refractivity contribution in [3.05, 3.63) is 53.0 Å². The molecule has 0 amide bonds. The number of rotatable bonds is 7. The van der Waals surface area contributed by atoms with E-state index in [0.29, 0.717) is 5.82 Å². The Balaban J connectivity index is 1.81. The van der Waals surface area contributed by atoms with E-state index in [1.54, 1.807) is 24.3 Å². The molecule has 0 unspecified atom stereocenters. The zero-order valence-corrected chi connectivity index (χ0v) is 15.6. The number of hydrogen-bond donors (Lipinski definition) is 1. The summed E-state index contributed by atoms with van der Waals surface area (Å²) in [5.41, 5.74) is 0.443. The van der Waals surface area contributed by atoms with Gasteiger partial charge in [0.15, 0.2) is 12.4 Å². The van der Waals surface area contributed by atoms with E-state index >= 15 is 0 Å². The molecule has 0 fully saturated rings. The number of nitrogens with one attached hydrogen (secondary N) is 1. The molecule has 0 aliphatic rings. The normalized spacial score (nSPS) is 12.4. The molecule has 0 aliphatic heterocycles. The van der Waals surface area contributed by atoms with Crippen LogP contribution >= 0.6 is 0 Å². The lowest BCUT2D eigenvalue weighted by molar-refractivity contribution is -0.144. The second-order valence-electron chi connectivity index (χ2n) is 6.50. The lowest BCUT2D eigenvalue weighted by Gasteiger charge is -2.10. The monoisotopic (exact) mass is 379 g/mol. The lowest BCUT2D eigenvalue weighted by atomic mass is 9.96. The van der Waals surface area contributed by atoms with E-state index in [-0.39, 0.29) is 17.9 Å². The van der Waals surface area contributed by atoms with E-state index in [0.717, 1.165) is 11.0 Å². The minimum absolute atomic E-state index is 0.148. The highest BCUT2D eigenvalue weighted by Gasteiger charge is 2.21. The number of sulfonamides is 1. The van der Waals surface area contributed by atoms with Crippen LogP contribution in [0.25, 0.3) is 6.08 Å². The Labute approximate surface area is 152 Å². The zero-order valence-electron chi connectivity index (χ0n) is 14.8. The third kappa shape index (κ3) is 6.41. The molecule has 0 atom stereocenters. The molecule has 1 aromatic heterocycles. The van der Waals surface area contributed by atoms with Crippen molar-refractivity contribution in [2.24, 2.45) is 0 Å². The maximum absolute atomic E-state index is 11.8. The number of esters is 1. The number of ether oxygens (including phenoxy) is 1. The van der Waals surface area contributed by atoms with Gasteiger partial charge in [-0.05, 0) is 11.6 Å². The van der Waals surface area contributed by atoms with E-state index in [9.17, 15) is 13.2 Å². The number of nitrogens with zero attached hydrogens (tertiary/aromatic N) is 2. The summed E-state index contributed by atoms with van der Waals surface area (Å²) in [4.78, 5) is 15.8. The number of hydrogen-bond acceptors (Lipinski definition) is 7. The van der Waals surface area contributed by atoms with Crippen LogP contribution in [0.3, 0.4) is 0 Å². The summed E-state index contributed by atoms with van der Waals surface area (Å²) in [6.07, 6.45) is 1.43. The van der Waals surface area contributed by atoms with Gasteiger partial charge in [0, 0.05) is 10.8 Å². The van der Waals surface area contributed by atoms with Crippen LogP contribution in [0.2, 0.25) is 0 Å². The molecule has 1 N–H and O–H groups in total. The van der Waals surface area contributed by atoms with Gasteiger partial charge in [-0.25, -0.2) is 13.1 Å². The van der Waals surface area contributed by atoms with Crippen molar-refractivity contribution in [3.8, 4) is 0 Å². The lowest BCUT2D eigenvalue weighted by Crippen LogP contribution is -2.29. The summed E-state index contributed by atoms with van der Waals surface area (Å²) in [5, 5.41) is 4.80. The van der Waals surface area contributed by atoms with Gasteiger partial charge in [-0.3, -0.25) is 4.79 Å². The van der Waals surface area contributed by atoms with Crippen LogP contribution in [0.15, 0.2) is 40.3 Å². The predicted molar refractivity (Wildman–Crippen MR) is 95.2 cm³/mol. The Hall–Kier alpha value is -2.52. The highest BCUT2D eigenvalue weighted by atomic mass is 32.2. The van der Waals surface area contributed by atoms with E-state index in [1.807, 2.05) is 26.8 Å². The smallest absolute Gasteiger partial charge is 0.321 e. The second-order valence-corrected chi connectivity index (χ2v) is 8.15. The van der Waals surface area contributed by atoms with Crippen molar-refractivity contribution in [2.75, 3.05) is 6.54 Å². The Kier molecular flexibility index (Phi) is 6.27. The first-order valence-corrected chi connectivity index (χ1v) is 9.42. The second kappa shape index (κ2) is 8.24. The Bertz CT molecular complexity index is 867. The summed E-state index contributed by atoms with van der Waals surface area (Å²) in [6, 6.07) is 8.93. The molecule has 0 bridgehead atoms. The van der Waals surface area contributed by atoms with Crippen LogP contribution in [-0.2, 0) is 31.6 Å². The third-order valence-electron chi connectivity index (χ3n) is 3.15. The summed E-state index contributed by atoms with van der Waals surface area (Å²) in [5.74, 6) is -0.109. The van der Waals surface area contributed by atoms with Crippen molar-refractivity contribution in [1.29, 1.82) is 0 Å². The van der Waals surface area contributed by atoms with Crippen molar-refractivity contribution in [3.63, 3.8) is 0 Å². The van der Waals surface area contributed by atoms with Crippen molar-refractivity contribution in [1.82, 2.24) is 14.9 Å². The molecule has 2 aromatic rings. The van der Waals surface area contributed by atoms with Gasteiger partial charge >= 0.3 is 5.97 Å². The summed E-state index contributed by atoms with van der Waals surface area (Å²) < 4.78 is 35.8. The average molecular weight is 379 g/mol. The van der Waals surface area contributed by atoms with Gasteiger partial charge in [-0.15, -0.1) is 0 Å². The predicted octanol–water partition coefficient (Wildman–Crippen LogP) is 2.00. The maximum atomic E-state index is 11.8. The van der Waals surface area contributed by atoms with Crippen LogP contribution < -0.4 is 4.72 Å². The molecule has 2 rings (SSSR count). The summed E-state index contributed by atoms with van der Waals surface area (Å²) in [6.45, 7) is 5.05. The van der Waals surface area contributed by atoms with Gasteiger partial charge < -0.3 is 9.26 Å². The molecule has 1 heterocycles. The molecule has 8 nitrogen and oxygen atoms in total. The Morgan fingerprint density at radius 1 is 1.27 bits per heavy atom. The molecule has 140 valence electrons. The first kappa shape index (κ1) is 19.8. The SMILES string of the molecule is CC(C)(C)c1noc(COC(=O)CNS(=O)(=O)/C=C/c2ccccc2)n1. The van der Waals surface area contributed by atoms with E-state index < -0.39 is 22.5 Å². The molecule has 0 spiro atoms. The summed E-state index contributed by atoms with van der Waals surface area (Å²) >= 11 is 0. The minimum Gasteiger partial charge on any atom is -0.455 e. The van der Waals surface area contributed by atoms with Gasteiger partial charge in [0.2, 0.25) is 10.0 Å². The molecular weight excluding hydrogens is 358 g/mol.